The third-order valence-electron chi connectivity index (χ3n) is 2.32. The molecule has 0 aliphatic rings. The molecule has 0 bridgehead atoms. The molecule has 17 heavy (non-hydrogen) atoms. The molecule has 0 aliphatic heterocycles. The maximum Gasteiger partial charge on any atom is 0.124 e. The molecule has 0 aliphatic carbocycles. The van der Waals surface area contributed by atoms with E-state index in [1.54, 1.807) is 23.9 Å². The van der Waals surface area contributed by atoms with Crippen LogP contribution in [0.3, 0.4) is 0 Å². The number of hydrogen-bond acceptors (Lipinski definition) is 2. The van der Waals surface area contributed by atoms with Crippen LogP contribution >= 0.6 is 11.6 Å². The summed E-state index contributed by atoms with van der Waals surface area (Å²) in [7, 11) is 0. The van der Waals surface area contributed by atoms with E-state index < -0.39 is 5.82 Å². The summed E-state index contributed by atoms with van der Waals surface area (Å²) < 4.78 is 14.8. The molecule has 1 aromatic carbocycles. The molecule has 0 spiro atoms. The lowest BCUT2D eigenvalue weighted by Crippen LogP contribution is -2.01. The number of hydrogen-bond donors (Lipinski definition) is 0. The van der Waals surface area contributed by atoms with Gasteiger partial charge in [0.15, 0.2) is 0 Å². The summed E-state index contributed by atoms with van der Waals surface area (Å²) in [6.45, 7) is 2.19. The fourth-order valence-corrected chi connectivity index (χ4v) is 1.72. The Hall–Kier alpha value is -1.86. The second-order valence-electron chi connectivity index (χ2n) is 3.72. The van der Waals surface area contributed by atoms with E-state index in [9.17, 15) is 4.39 Å². The molecule has 0 fully saturated rings. The number of rotatable bonds is 2. The largest absolute Gasteiger partial charge is 0.267 e. The molecule has 1 aromatic heterocycles. The highest BCUT2D eigenvalue weighted by Gasteiger charge is 2.05. The van der Waals surface area contributed by atoms with Crippen LogP contribution in [-0.2, 0) is 6.54 Å². The molecule has 0 amide bonds. The van der Waals surface area contributed by atoms with Gasteiger partial charge in [-0.2, -0.15) is 10.4 Å². The van der Waals surface area contributed by atoms with Crippen LogP contribution in [0.2, 0.25) is 5.02 Å². The molecule has 0 unspecified atom stereocenters. The van der Waals surface area contributed by atoms with E-state index in [0.717, 1.165) is 5.69 Å². The van der Waals surface area contributed by atoms with E-state index in [2.05, 4.69) is 5.10 Å². The normalized spacial score (nSPS) is 10.2. The quantitative estimate of drug-likeness (QED) is 0.821. The van der Waals surface area contributed by atoms with Crippen LogP contribution in [0.4, 0.5) is 4.39 Å². The van der Waals surface area contributed by atoms with Crippen LogP contribution in [0, 0.1) is 24.1 Å². The smallest absolute Gasteiger partial charge is 0.124 e. The molecule has 0 atom stereocenters. The summed E-state index contributed by atoms with van der Waals surface area (Å²) in [5, 5.41) is 13.5. The van der Waals surface area contributed by atoms with E-state index in [-0.39, 0.29) is 0 Å². The van der Waals surface area contributed by atoms with Crippen LogP contribution in [0.5, 0.6) is 0 Å². The van der Waals surface area contributed by atoms with Gasteiger partial charge in [-0.15, -0.1) is 0 Å². The minimum absolute atomic E-state index is 0.301. The maximum absolute atomic E-state index is 13.2. The summed E-state index contributed by atoms with van der Waals surface area (Å²) in [5.41, 5.74) is 1.71. The highest BCUT2D eigenvalue weighted by atomic mass is 35.5. The van der Waals surface area contributed by atoms with Gasteiger partial charge in [-0.25, -0.2) is 4.39 Å². The second-order valence-corrected chi connectivity index (χ2v) is 4.13. The molecular weight excluding hydrogens is 241 g/mol. The summed E-state index contributed by atoms with van der Waals surface area (Å²) in [4.78, 5) is 0. The van der Waals surface area contributed by atoms with Crippen molar-refractivity contribution >= 4 is 11.6 Å². The first-order valence-electron chi connectivity index (χ1n) is 4.97. The van der Waals surface area contributed by atoms with Gasteiger partial charge in [0.1, 0.15) is 5.82 Å². The van der Waals surface area contributed by atoms with Gasteiger partial charge in [0, 0.05) is 6.20 Å². The van der Waals surface area contributed by atoms with Crippen LogP contribution in [0.15, 0.2) is 24.4 Å². The SMILES string of the molecule is Cc1nn(Cc2cc(F)cc(C#N)c2)cc1Cl. The third kappa shape index (κ3) is 2.63. The van der Waals surface area contributed by atoms with Gasteiger partial charge in [0.2, 0.25) is 0 Å². The zero-order valence-electron chi connectivity index (χ0n) is 9.11. The maximum atomic E-state index is 13.2. The van der Waals surface area contributed by atoms with Gasteiger partial charge in [-0.05, 0) is 30.7 Å². The molecule has 5 heteroatoms. The molecule has 1 heterocycles. The highest BCUT2D eigenvalue weighted by molar-refractivity contribution is 6.31. The minimum atomic E-state index is -0.422. The Bertz CT molecular complexity index is 579. The fraction of sp³-hybridized carbons (Fsp3) is 0.167. The first-order chi connectivity index (χ1) is 8.08. The number of halogens is 2. The average Bonchev–Trinajstić information content (AvgIpc) is 2.57. The Balaban J connectivity index is 2.30. The average molecular weight is 250 g/mol. The third-order valence-corrected chi connectivity index (χ3v) is 2.69. The van der Waals surface area contributed by atoms with Gasteiger partial charge in [0.25, 0.3) is 0 Å². The van der Waals surface area contributed by atoms with Crippen molar-refractivity contribution in [2.45, 2.75) is 13.5 Å². The Kier molecular flexibility index (Phi) is 3.12. The molecule has 2 aromatic rings. The van der Waals surface area contributed by atoms with E-state index in [0.29, 0.717) is 22.7 Å². The summed E-state index contributed by atoms with van der Waals surface area (Å²) in [5.74, 6) is -0.422. The predicted molar refractivity (Wildman–Crippen MR) is 62.2 cm³/mol. The van der Waals surface area contributed by atoms with Crippen molar-refractivity contribution in [3.8, 4) is 6.07 Å². The molecular formula is C12H9ClFN3. The first kappa shape index (κ1) is 11.6. The van der Waals surface area contributed by atoms with Crippen molar-refractivity contribution in [3.63, 3.8) is 0 Å². The van der Waals surface area contributed by atoms with Crippen molar-refractivity contribution in [1.82, 2.24) is 9.78 Å². The van der Waals surface area contributed by atoms with Crippen molar-refractivity contribution in [3.05, 3.63) is 52.1 Å². The van der Waals surface area contributed by atoms with E-state index in [4.69, 9.17) is 16.9 Å². The minimum Gasteiger partial charge on any atom is -0.267 e. The number of aromatic nitrogens is 2. The lowest BCUT2D eigenvalue weighted by atomic mass is 10.1. The molecule has 2 rings (SSSR count). The van der Waals surface area contributed by atoms with Crippen LogP contribution < -0.4 is 0 Å². The fourth-order valence-electron chi connectivity index (χ4n) is 1.57. The number of benzene rings is 1. The monoisotopic (exact) mass is 249 g/mol. The van der Waals surface area contributed by atoms with Crippen molar-refractivity contribution < 1.29 is 4.39 Å². The highest BCUT2D eigenvalue weighted by Crippen LogP contribution is 2.15. The van der Waals surface area contributed by atoms with Gasteiger partial charge >= 0.3 is 0 Å². The molecule has 0 N–H and O–H groups in total. The Labute approximate surface area is 103 Å². The lowest BCUT2D eigenvalue weighted by molar-refractivity contribution is 0.618. The van der Waals surface area contributed by atoms with Gasteiger partial charge in [-0.1, -0.05) is 11.6 Å². The number of aryl methyl sites for hydroxylation is 1. The Morgan fingerprint density at radius 1 is 1.47 bits per heavy atom. The van der Waals surface area contributed by atoms with E-state index in [1.165, 1.54) is 12.1 Å². The van der Waals surface area contributed by atoms with Crippen LogP contribution in [0.1, 0.15) is 16.8 Å². The Morgan fingerprint density at radius 3 is 2.82 bits per heavy atom. The molecule has 86 valence electrons. The number of nitriles is 1. The van der Waals surface area contributed by atoms with E-state index >= 15 is 0 Å². The van der Waals surface area contributed by atoms with Crippen molar-refractivity contribution in [2.24, 2.45) is 0 Å². The zero-order chi connectivity index (χ0) is 12.4. The summed E-state index contributed by atoms with van der Waals surface area (Å²) >= 11 is 5.88. The second kappa shape index (κ2) is 4.56. The summed E-state index contributed by atoms with van der Waals surface area (Å²) in [6, 6.07) is 6.13. The zero-order valence-corrected chi connectivity index (χ0v) is 9.87. The van der Waals surface area contributed by atoms with Crippen molar-refractivity contribution in [1.29, 1.82) is 5.26 Å². The van der Waals surface area contributed by atoms with Gasteiger partial charge < -0.3 is 0 Å². The predicted octanol–water partition coefficient (Wildman–Crippen LogP) is 2.90. The molecule has 0 saturated heterocycles. The topological polar surface area (TPSA) is 41.6 Å². The van der Waals surface area contributed by atoms with Crippen LogP contribution in [-0.4, -0.2) is 9.78 Å². The first-order valence-corrected chi connectivity index (χ1v) is 5.35. The Morgan fingerprint density at radius 2 is 2.24 bits per heavy atom. The van der Waals surface area contributed by atoms with Gasteiger partial charge in [0.05, 0.1) is 28.9 Å². The summed E-state index contributed by atoms with van der Waals surface area (Å²) in [6.07, 6.45) is 1.67. The lowest BCUT2D eigenvalue weighted by Gasteiger charge is -2.02. The van der Waals surface area contributed by atoms with E-state index in [1.807, 2.05) is 6.07 Å². The molecule has 3 nitrogen and oxygen atoms in total. The van der Waals surface area contributed by atoms with Gasteiger partial charge in [-0.3, -0.25) is 4.68 Å². The van der Waals surface area contributed by atoms with Crippen molar-refractivity contribution in [2.75, 3.05) is 0 Å². The molecule has 0 saturated carbocycles. The molecule has 0 radical (unpaired) electrons. The standard InChI is InChI=1S/C12H9ClFN3/c1-8-12(13)7-17(16-8)6-10-2-9(5-15)3-11(14)4-10/h2-4,7H,6H2,1H3. The van der Waals surface area contributed by atoms with Crippen LogP contribution in [0.25, 0.3) is 0 Å². The number of nitrogens with zero attached hydrogens (tertiary/aromatic N) is 3.